The van der Waals surface area contributed by atoms with Gasteiger partial charge in [0.15, 0.2) is 0 Å². The Hall–Kier alpha value is -4.94. The Labute approximate surface area is 260 Å². The number of thiazole rings is 2. The molecular weight excluding hydrogens is 603 g/mol. The molecule has 5 aromatic rings. The molecule has 2 heterocycles. The van der Waals surface area contributed by atoms with Gasteiger partial charge in [-0.25, -0.2) is 18.7 Å². The minimum Gasteiger partial charge on any atom is -0.287 e. The van der Waals surface area contributed by atoms with Gasteiger partial charge in [0.05, 0.1) is 20.1 Å². The molecule has 12 heteroatoms. The molecule has 0 bridgehead atoms. The minimum atomic E-state index is -0.403. The third kappa shape index (κ3) is 5.56. The second kappa shape index (κ2) is 11.6. The number of rotatable bonds is 4. The minimum absolute atomic E-state index is 0. The van der Waals surface area contributed by atoms with Crippen LogP contribution in [0.2, 0.25) is 0 Å². The van der Waals surface area contributed by atoms with Crippen LogP contribution < -0.4 is 20.7 Å². The second-order valence-electron chi connectivity index (χ2n) is 10.2. The first kappa shape index (κ1) is 27.9. The average Bonchev–Trinajstić information content (AvgIpc) is 3.78. The summed E-state index contributed by atoms with van der Waals surface area (Å²) in [5, 5.41) is 10.6. The van der Waals surface area contributed by atoms with Gasteiger partial charge >= 0.3 is 0 Å². The lowest BCUT2D eigenvalue weighted by Gasteiger charge is -1.95. The molecule has 0 radical (unpaired) electrons. The first-order valence-corrected chi connectivity index (χ1v) is 15.4. The largest absolute Gasteiger partial charge is 0.287 e. The van der Waals surface area contributed by atoms with Crippen molar-refractivity contribution in [1.82, 2.24) is 9.97 Å². The third-order valence-corrected chi connectivity index (χ3v) is 9.16. The van der Waals surface area contributed by atoms with Gasteiger partial charge in [0.1, 0.15) is 23.1 Å². The van der Waals surface area contributed by atoms with E-state index in [9.17, 15) is 18.4 Å². The van der Waals surface area contributed by atoms with E-state index in [0.717, 1.165) is 38.5 Å². The summed E-state index contributed by atoms with van der Waals surface area (Å²) in [6, 6.07) is 16.2. The van der Waals surface area contributed by atoms with E-state index in [1.165, 1.54) is 53.0 Å². The molecule has 222 valence electrons. The lowest BCUT2D eigenvalue weighted by atomic mass is 10.1. The van der Waals surface area contributed by atoms with Crippen LogP contribution >= 0.6 is 22.7 Å². The smallest absolute Gasteiger partial charge is 0.209 e. The van der Waals surface area contributed by atoms with E-state index in [-0.39, 0.29) is 20.2 Å². The number of aromatic nitrogens is 2. The zero-order valence-electron chi connectivity index (χ0n) is 22.9. The Morgan fingerprint density at radius 1 is 0.727 bits per heavy atom. The molecule has 44 heavy (non-hydrogen) atoms. The molecular formula is C32H26F2N6O2S2. The number of hydrogen-bond donors (Lipinski definition) is 2. The van der Waals surface area contributed by atoms with Gasteiger partial charge in [0, 0.05) is 26.8 Å². The number of benzene rings is 3. The summed E-state index contributed by atoms with van der Waals surface area (Å²) >= 11 is 2.99. The maximum absolute atomic E-state index is 13.2. The van der Waals surface area contributed by atoms with Gasteiger partial charge < -0.3 is 0 Å². The number of nitrogens with zero attached hydrogens (tertiary/aromatic N) is 4. The number of nitrogens with one attached hydrogen (secondary N) is 2. The molecule has 2 aromatic heterocycles. The maximum Gasteiger partial charge on any atom is 0.209 e. The van der Waals surface area contributed by atoms with Gasteiger partial charge in [-0.3, -0.25) is 20.4 Å². The summed E-state index contributed by atoms with van der Waals surface area (Å²) in [6.07, 6.45) is 7.05. The van der Waals surface area contributed by atoms with Crippen LogP contribution in [0.5, 0.6) is 0 Å². The zero-order valence-corrected chi connectivity index (χ0v) is 24.6. The van der Waals surface area contributed by atoms with E-state index in [1.54, 1.807) is 6.07 Å². The van der Waals surface area contributed by atoms with Crippen molar-refractivity contribution in [3.8, 4) is 0 Å². The first-order chi connectivity index (χ1) is 21.4. The molecule has 0 atom stereocenters. The highest BCUT2D eigenvalue weighted by Gasteiger charge is 2.28. The molecule has 0 aliphatic heterocycles. The van der Waals surface area contributed by atoms with E-state index >= 15 is 0 Å². The van der Waals surface area contributed by atoms with Crippen molar-refractivity contribution in [1.29, 1.82) is 0 Å². The summed E-state index contributed by atoms with van der Waals surface area (Å²) < 4.78 is 28.6. The number of para-hydroxylation sites is 1. The van der Waals surface area contributed by atoms with E-state index in [0.29, 0.717) is 51.2 Å². The topological polar surface area (TPSA) is 109 Å². The van der Waals surface area contributed by atoms with Gasteiger partial charge in [-0.1, -0.05) is 53.0 Å². The quantitative estimate of drug-likeness (QED) is 0.237. The molecule has 3 aliphatic carbocycles. The molecule has 0 fully saturated rings. The normalized spacial score (nSPS) is 16.6. The van der Waals surface area contributed by atoms with Crippen LogP contribution in [0.4, 0.5) is 19.0 Å². The van der Waals surface area contributed by atoms with Gasteiger partial charge in [0.2, 0.25) is 21.8 Å². The van der Waals surface area contributed by atoms with Crippen molar-refractivity contribution >= 4 is 78.3 Å². The van der Waals surface area contributed by atoms with Crippen LogP contribution in [-0.4, -0.2) is 33.0 Å². The molecule has 0 saturated carbocycles. The fourth-order valence-electron chi connectivity index (χ4n) is 5.13. The summed E-state index contributed by atoms with van der Waals surface area (Å²) in [5.74, 6) is -1.13. The van der Waals surface area contributed by atoms with E-state index in [4.69, 9.17) is 0 Å². The van der Waals surface area contributed by atoms with Gasteiger partial charge in [0.25, 0.3) is 0 Å². The zero-order chi connectivity index (χ0) is 30.2. The standard InChI is InChI=1S/C16H10FN3OS.C16H12FN3OS.2H2/c17-10-5-6-11-9(7-10)8-13(15(11)21)19-20-16-18-12-3-1-2-4-14(12)22-16;17-10-6-5-9-7-13(15(21)11(9)8-10)19-20-16-18-12-3-1-2-4-14(12)22-16;;/h1-7H,8H2,(H,18,20);3-6,8H,1-2,7H2,(H,18,20);2*1H/b2*19-13-;;. The maximum atomic E-state index is 13.2. The fourth-order valence-corrected chi connectivity index (χ4v) is 6.81. The van der Waals surface area contributed by atoms with Crippen LogP contribution in [0, 0.1) is 11.6 Å². The average molecular weight is 629 g/mol. The van der Waals surface area contributed by atoms with E-state index in [1.807, 2.05) is 24.3 Å². The predicted molar refractivity (Wildman–Crippen MR) is 174 cm³/mol. The molecule has 0 saturated heterocycles. The molecule has 0 unspecified atom stereocenters. The van der Waals surface area contributed by atoms with Crippen molar-refractivity contribution in [3.63, 3.8) is 0 Å². The summed E-state index contributed by atoms with van der Waals surface area (Å²) in [7, 11) is 0. The highest BCUT2D eigenvalue weighted by atomic mass is 32.1. The van der Waals surface area contributed by atoms with Crippen LogP contribution in [0.15, 0.2) is 70.9 Å². The molecule has 0 amide bonds. The van der Waals surface area contributed by atoms with Crippen molar-refractivity contribution < 1.29 is 21.2 Å². The van der Waals surface area contributed by atoms with Gasteiger partial charge in [-0.15, -0.1) is 0 Å². The number of Topliss-reactive ketones (excluding diaryl/α,β-unsaturated/α-hetero) is 2. The Bertz CT molecular complexity index is 2110. The summed E-state index contributed by atoms with van der Waals surface area (Å²) in [6.45, 7) is 0. The second-order valence-corrected chi connectivity index (χ2v) is 12.3. The highest BCUT2D eigenvalue weighted by Crippen LogP contribution is 2.26. The lowest BCUT2D eigenvalue weighted by molar-refractivity contribution is 0.106. The Morgan fingerprint density at radius 2 is 1.41 bits per heavy atom. The SMILES string of the molecule is O=C1/C(=N\Nc2nc3c(s2)=CCCC=3)Cc2ccc(F)cc21.O=C1/C(=N\Nc2nc3ccccc3s2)Cc2cc(F)ccc21.[HH].[HH]. The van der Waals surface area contributed by atoms with Crippen LogP contribution in [0.3, 0.4) is 0 Å². The van der Waals surface area contributed by atoms with Crippen LogP contribution in [0.25, 0.3) is 22.4 Å². The number of hydrazone groups is 2. The Balaban J connectivity index is 0.000000174. The van der Waals surface area contributed by atoms with E-state index < -0.39 is 5.82 Å². The summed E-state index contributed by atoms with van der Waals surface area (Å²) in [4.78, 5) is 33.2. The summed E-state index contributed by atoms with van der Waals surface area (Å²) in [5.41, 5.74) is 9.76. The number of anilines is 2. The fraction of sp³-hybridized carbons (Fsp3) is 0.125. The molecule has 8 rings (SSSR count). The number of fused-ring (bicyclic) bond motifs is 4. The van der Waals surface area contributed by atoms with Crippen molar-refractivity contribution in [2.75, 3.05) is 10.9 Å². The molecule has 3 aromatic carbocycles. The molecule has 0 spiro atoms. The molecule has 3 aliphatic rings. The molecule has 2 N–H and O–H groups in total. The Morgan fingerprint density at radius 3 is 2.20 bits per heavy atom. The monoisotopic (exact) mass is 628 g/mol. The number of ketones is 2. The van der Waals surface area contributed by atoms with Gasteiger partial charge in [-0.05, 0) is 66.4 Å². The van der Waals surface area contributed by atoms with Gasteiger partial charge in [-0.2, -0.15) is 10.2 Å². The number of carbonyl (C=O) groups is 2. The highest BCUT2D eigenvalue weighted by molar-refractivity contribution is 7.22. The van der Waals surface area contributed by atoms with Crippen LogP contribution in [0.1, 0.15) is 47.5 Å². The molecule has 8 nitrogen and oxygen atoms in total. The van der Waals surface area contributed by atoms with E-state index in [2.05, 4.69) is 43.2 Å². The number of halogens is 2. The predicted octanol–water partition coefficient (Wildman–Crippen LogP) is 5.98. The first-order valence-electron chi connectivity index (χ1n) is 13.8. The van der Waals surface area contributed by atoms with Crippen LogP contribution in [-0.2, 0) is 12.8 Å². The van der Waals surface area contributed by atoms with Crippen molar-refractivity contribution in [2.24, 2.45) is 10.2 Å². The van der Waals surface area contributed by atoms with Crippen molar-refractivity contribution in [3.05, 3.63) is 104 Å². The Kier molecular flexibility index (Phi) is 7.36. The van der Waals surface area contributed by atoms with Crippen molar-refractivity contribution in [2.45, 2.75) is 25.7 Å². The lowest BCUT2D eigenvalue weighted by Crippen LogP contribution is -2.22. The number of hydrogen-bond acceptors (Lipinski definition) is 10. The number of carbonyl (C=O) groups excluding carboxylic acids is 2. The third-order valence-electron chi connectivity index (χ3n) is 7.25.